The Hall–Kier alpha value is -3.07. The molecular weight excluding hydrogens is 360 g/mol. The van der Waals surface area contributed by atoms with Crippen LogP contribution in [0.5, 0.6) is 5.75 Å². The number of nitrogens with two attached hydrogens (primary N) is 1. The molecule has 2 amide bonds. The number of hydrogen-bond acceptors (Lipinski definition) is 6. The molecule has 9 heteroatoms. The number of nitrogens with zero attached hydrogens (tertiary/aromatic N) is 3. The molecule has 3 rings (SSSR count). The maximum absolute atomic E-state index is 12.5. The molecule has 28 heavy (non-hydrogen) atoms. The third-order valence-electron chi connectivity index (χ3n) is 5.00. The molecular formula is C19H26N6O3. The second kappa shape index (κ2) is 8.30. The van der Waals surface area contributed by atoms with E-state index < -0.39 is 11.9 Å². The van der Waals surface area contributed by atoms with Gasteiger partial charge in [0.2, 0.25) is 11.8 Å². The molecule has 2 aromatic rings. The summed E-state index contributed by atoms with van der Waals surface area (Å²) in [6.07, 6.45) is 0. The zero-order valence-electron chi connectivity index (χ0n) is 16.4. The molecule has 150 valence electrons. The minimum Gasteiger partial charge on any atom is -0.497 e. The highest BCUT2D eigenvalue weighted by Gasteiger charge is 2.32. The highest BCUT2D eigenvalue weighted by molar-refractivity contribution is 5.94. The summed E-state index contributed by atoms with van der Waals surface area (Å²) in [6.45, 7) is 5.42. The Morgan fingerprint density at radius 1 is 1.29 bits per heavy atom. The van der Waals surface area contributed by atoms with E-state index in [-0.39, 0.29) is 12.5 Å². The van der Waals surface area contributed by atoms with Gasteiger partial charge in [0.15, 0.2) is 0 Å². The standard InChI is InChI=1S/C19H26N6O3/c1-12-18(13(2)23-22-12)21-17(26)11-25-9-8-24(10-16(25)19(20)27)14-4-6-15(28-3)7-5-14/h4-7,16H,8-11H2,1-3H3,(H2,20,27)(H,21,26)(H,22,23). The lowest BCUT2D eigenvalue weighted by atomic mass is 10.1. The number of amides is 2. The van der Waals surface area contributed by atoms with Crippen LogP contribution >= 0.6 is 0 Å². The Morgan fingerprint density at radius 3 is 2.57 bits per heavy atom. The van der Waals surface area contributed by atoms with Crippen LogP contribution in [0.15, 0.2) is 24.3 Å². The van der Waals surface area contributed by atoms with E-state index in [1.54, 1.807) is 7.11 Å². The number of primary amides is 1. The van der Waals surface area contributed by atoms with Crippen LogP contribution in [0, 0.1) is 13.8 Å². The van der Waals surface area contributed by atoms with Crippen LogP contribution < -0.4 is 20.7 Å². The van der Waals surface area contributed by atoms with E-state index in [0.717, 1.165) is 22.8 Å². The van der Waals surface area contributed by atoms with Gasteiger partial charge in [-0.25, -0.2) is 0 Å². The summed E-state index contributed by atoms with van der Waals surface area (Å²) in [6, 6.07) is 7.11. The van der Waals surface area contributed by atoms with Crippen molar-refractivity contribution in [2.24, 2.45) is 5.73 Å². The molecule has 0 saturated carbocycles. The van der Waals surface area contributed by atoms with Crippen molar-refractivity contribution in [3.05, 3.63) is 35.7 Å². The van der Waals surface area contributed by atoms with Crippen molar-refractivity contribution in [2.45, 2.75) is 19.9 Å². The third-order valence-corrected chi connectivity index (χ3v) is 5.00. The molecule has 1 aliphatic rings. The number of methoxy groups -OCH3 is 1. The average molecular weight is 386 g/mol. The molecule has 1 aromatic carbocycles. The van der Waals surface area contributed by atoms with E-state index in [2.05, 4.69) is 20.4 Å². The number of aryl methyl sites for hydroxylation is 2. The maximum Gasteiger partial charge on any atom is 0.238 e. The second-order valence-corrected chi connectivity index (χ2v) is 6.89. The predicted molar refractivity (Wildman–Crippen MR) is 106 cm³/mol. The summed E-state index contributed by atoms with van der Waals surface area (Å²) in [7, 11) is 1.62. The lowest BCUT2D eigenvalue weighted by Crippen LogP contribution is -2.59. The zero-order chi connectivity index (χ0) is 20.3. The summed E-state index contributed by atoms with van der Waals surface area (Å²) in [4.78, 5) is 28.4. The summed E-state index contributed by atoms with van der Waals surface area (Å²) < 4.78 is 5.18. The van der Waals surface area contributed by atoms with Crippen molar-refractivity contribution in [3.8, 4) is 5.75 Å². The Bertz CT molecular complexity index is 828. The van der Waals surface area contributed by atoms with E-state index in [1.807, 2.05) is 43.0 Å². The van der Waals surface area contributed by atoms with Crippen LogP contribution in [0.1, 0.15) is 11.4 Å². The fraction of sp³-hybridized carbons (Fsp3) is 0.421. The van der Waals surface area contributed by atoms with Crippen LogP contribution in [0.3, 0.4) is 0 Å². The Balaban J connectivity index is 1.65. The minimum atomic E-state index is -0.548. The van der Waals surface area contributed by atoms with Crippen LogP contribution in [-0.2, 0) is 9.59 Å². The number of benzene rings is 1. The smallest absolute Gasteiger partial charge is 0.238 e. The number of H-pyrrole nitrogens is 1. The van der Waals surface area contributed by atoms with Crippen molar-refractivity contribution < 1.29 is 14.3 Å². The fourth-order valence-electron chi connectivity index (χ4n) is 3.41. The fourth-order valence-corrected chi connectivity index (χ4v) is 3.41. The highest BCUT2D eigenvalue weighted by Crippen LogP contribution is 2.22. The molecule has 1 atom stereocenters. The largest absolute Gasteiger partial charge is 0.497 e. The second-order valence-electron chi connectivity index (χ2n) is 6.89. The van der Waals surface area contributed by atoms with Gasteiger partial charge in [-0.2, -0.15) is 5.10 Å². The monoisotopic (exact) mass is 386 g/mol. The molecule has 0 aliphatic carbocycles. The van der Waals surface area contributed by atoms with Crippen LogP contribution in [0.4, 0.5) is 11.4 Å². The third kappa shape index (κ3) is 4.25. The van der Waals surface area contributed by atoms with Crippen LogP contribution in [0.2, 0.25) is 0 Å². The van der Waals surface area contributed by atoms with Crippen LogP contribution in [0.25, 0.3) is 0 Å². The van der Waals surface area contributed by atoms with Gasteiger partial charge >= 0.3 is 0 Å². The molecule has 1 fully saturated rings. The number of nitrogens with one attached hydrogen (secondary N) is 2. The van der Waals surface area contributed by atoms with Crippen molar-refractivity contribution >= 4 is 23.2 Å². The molecule has 9 nitrogen and oxygen atoms in total. The van der Waals surface area contributed by atoms with Gasteiger partial charge in [-0.15, -0.1) is 0 Å². The van der Waals surface area contributed by atoms with Crippen molar-refractivity contribution in [3.63, 3.8) is 0 Å². The van der Waals surface area contributed by atoms with E-state index in [0.29, 0.717) is 25.3 Å². The number of ether oxygens (including phenoxy) is 1. The van der Waals surface area contributed by atoms with Crippen molar-refractivity contribution in [2.75, 3.05) is 43.5 Å². The van der Waals surface area contributed by atoms with E-state index in [9.17, 15) is 9.59 Å². The molecule has 1 saturated heterocycles. The molecule has 1 aromatic heterocycles. The lowest BCUT2D eigenvalue weighted by Gasteiger charge is -2.40. The molecule has 0 bridgehead atoms. The average Bonchev–Trinajstić information content (AvgIpc) is 3.00. The minimum absolute atomic E-state index is 0.0914. The Morgan fingerprint density at radius 2 is 2.00 bits per heavy atom. The van der Waals surface area contributed by atoms with Gasteiger partial charge in [-0.1, -0.05) is 0 Å². The first-order valence-electron chi connectivity index (χ1n) is 9.13. The molecule has 4 N–H and O–H groups in total. The molecule has 1 aliphatic heterocycles. The lowest BCUT2D eigenvalue weighted by molar-refractivity contribution is -0.125. The molecule has 1 unspecified atom stereocenters. The van der Waals surface area contributed by atoms with Crippen molar-refractivity contribution in [1.29, 1.82) is 0 Å². The number of piperazine rings is 1. The van der Waals surface area contributed by atoms with Gasteiger partial charge < -0.3 is 20.7 Å². The summed E-state index contributed by atoms with van der Waals surface area (Å²) in [5.74, 6) is 0.133. The number of anilines is 2. The van der Waals surface area contributed by atoms with Gasteiger partial charge in [0.25, 0.3) is 0 Å². The van der Waals surface area contributed by atoms with E-state index in [1.165, 1.54) is 0 Å². The summed E-state index contributed by atoms with van der Waals surface area (Å²) >= 11 is 0. The predicted octanol–water partition coefficient (Wildman–Crippen LogP) is 0.650. The van der Waals surface area contributed by atoms with Gasteiger partial charge in [-0.3, -0.25) is 19.6 Å². The first kappa shape index (κ1) is 19.7. The molecule has 0 spiro atoms. The Labute approximate surface area is 163 Å². The topological polar surface area (TPSA) is 117 Å². The highest BCUT2D eigenvalue weighted by atomic mass is 16.5. The van der Waals surface area contributed by atoms with Crippen molar-refractivity contribution in [1.82, 2.24) is 15.1 Å². The first-order chi connectivity index (χ1) is 13.4. The van der Waals surface area contributed by atoms with Crippen LogP contribution in [-0.4, -0.2) is 66.2 Å². The SMILES string of the molecule is COc1ccc(N2CCN(CC(=O)Nc3c(C)n[nH]c3C)C(C(N)=O)C2)cc1. The number of hydrogen-bond donors (Lipinski definition) is 3. The zero-order valence-corrected chi connectivity index (χ0v) is 16.4. The molecule has 0 radical (unpaired) electrons. The van der Waals surface area contributed by atoms with Gasteiger partial charge in [0, 0.05) is 25.3 Å². The maximum atomic E-state index is 12.5. The van der Waals surface area contributed by atoms with Gasteiger partial charge in [0.1, 0.15) is 11.8 Å². The first-order valence-corrected chi connectivity index (χ1v) is 9.13. The number of carbonyl (C=O) groups excluding carboxylic acids is 2. The Kier molecular flexibility index (Phi) is 5.84. The summed E-state index contributed by atoms with van der Waals surface area (Å²) in [5.41, 5.74) is 8.81. The number of aromatic nitrogens is 2. The normalized spacial score (nSPS) is 17.4. The number of carbonyl (C=O) groups is 2. The van der Waals surface area contributed by atoms with Gasteiger partial charge in [-0.05, 0) is 38.1 Å². The van der Waals surface area contributed by atoms with E-state index in [4.69, 9.17) is 10.5 Å². The quantitative estimate of drug-likeness (QED) is 0.671. The summed E-state index contributed by atoms with van der Waals surface area (Å²) in [5, 5.41) is 9.78. The number of rotatable bonds is 6. The number of aromatic amines is 1. The molecule has 2 heterocycles. The van der Waals surface area contributed by atoms with Gasteiger partial charge in [0.05, 0.1) is 30.7 Å². The van der Waals surface area contributed by atoms with E-state index >= 15 is 0 Å².